The van der Waals surface area contributed by atoms with Crippen LogP contribution in [0.4, 0.5) is 13.2 Å². The Morgan fingerprint density at radius 3 is 2.86 bits per heavy atom. The SMILES string of the molecule is CNC(COCC(F)(F)F)c1ccc2c(c1)C(=O)NCC2. The number of rotatable bonds is 5. The predicted octanol–water partition coefficient (Wildman–Crippen LogP) is 1.81. The Morgan fingerprint density at radius 2 is 2.19 bits per heavy atom. The van der Waals surface area contributed by atoms with E-state index in [9.17, 15) is 18.0 Å². The molecule has 1 unspecified atom stereocenters. The van der Waals surface area contributed by atoms with Crippen molar-refractivity contribution in [3.8, 4) is 0 Å². The van der Waals surface area contributed by atoms with Crippen molar-refractivity contribution < 1.29 is 22.7 Å². The number of benzene rings is 1. The van der Waals surface area contributed by atoms with Crippen molar-refractivity contribution in [1.29, 1.82) is 0 Å². The van der Waals surface area contributed by atoms with Gasteiger partial charge in [-0.15, -0.1) is 0 Å². The highest BCUT2D eigenvalue weighted by molar-refractivity contribution is 5.96. The number of carbonyl (C=O) groups excluding carboxylic acids is 1. The molecule has 2 N–H and O–H groups in total. The Balaban J connectivity index is 2.08. The second-order valence-corrected chi connectivity index (χ2v) is 4.89. The van der Waals surface area contributed by atoms with Gasteiger partial charge in [0.2, 0.25) is 0 Å². The van der Waals surface area contributed by atoms with Gasteiger partial charge in [0, 0.05) is 12.1 Å². The van der Waals surface area contributed by atoms with Crippen LogP contribution < -0.4 is 10.6 Å². The van der Waals surface area contributed by atoms with Gasteiger partial charge in [0.1, 0.15) is 6.61 Å². The molecule has 1 aliphatic rings. The Kier molecular flexibility index (Phi) is 4.84. The number of amides is 1. The molecule has 0 aromatic heterocycles. The van der Waals surface area contributed by atoms with Gasteiger partial charge in [-0.2, -0.15) is 13.2 Å². The maximum Gasteiger partial charge on any atom is 0.411 e. The average molecular weight is 302 g/mol. The fraction of sp³-hybridized carbons (Fsp3) is 0.500. The molecule has 1 atom stereocenters. The summed E-state index contributed by atoms with van der Waals surface area (Å²) in [6, 6.07) is 4.97. The van der Waals surface area contributed by atoms with Gasteiger partial charge in [-0.1, -0.05) is 12.1 Å². The maximum absolute atomic E-state index is 12.1. The highest BCUT2D eigenvalue weighted by Crippen LogP contribution is 2.22. The number of ether oxygens (including phenoxy) is 1. The van der Waals surface area contributed by atoms with Crippen LogP contribution in [0.2, 0.25) is 0 Å². The molecular formula is C14H17F3N2O2. The number of hydrogen-bond donors (Lipinski definition) is 2. The minimum absolute atomic E-state index is 0.115. The van der Waals surface area contributed by atoms with E-state index >= 15 is 0 Å². The Hall–Kier alpha value is -1.60. The number of hydrogen-bond acceptors (Lipinski definition) is 3. The molecular weight excluding hydrogens is 285 g/mol. The molecule has 1 amide bonds. The molecule has 21 heavy (non-hydrogen) atoms. The number of likely N-dealkylation sites (N-methyl/N-ethyl adjacent to an activating group) is 1. The van der Waals surface area contributed by atoms with E-state index in [1.165, 1.54) is 0 Å². The van der Waals surface area contributed by atoms with Gasteiger partial charge in [0.05, 0.1) is 12.6 Å². The number of alkyl halides is 3. The lowest BCUT2D eigenvalue weighted by molar-refractivity contribution is -0.175. The van der Waals surface area contributed by atoms with Gasteiger partial charge >= 0.3 is 6.18 Å². The first kappa shape index (κ1) is 15.8. The molecule has 7 heteroatoms. The summed E-state index contributed by atoms with van der Waals surface area (Å²) >= 11 is 0. The predicted molar refractivity (Wildman–Crippen MR) is 71.2 cm³/mol. The van der Waals surface area contributed by atoms with Crippen molar-refractivity contribution in [1.82, 2.24) is 10.6 Å². The van der Waals surface area contributed by atoms with Crippen molar-refractivity contribution >= 4 is 5.91 Å². The zero-order valence-electron chi connectivity index (χ0n) is 11.6. The number of halogens is 3. The molecule has 2 rings (SSSR count). The lowest BCUT2D eigenvalue weighted by Gasteiger charge is -2.21. The fourth-order valence-corrected chi connectivity index (χ4v) is 2.28. The maximum atomic E-state index is 12.1. The summed E-state index contributed by atoms with van der Waals surface area (Å²) < 4.78 is 41.0. The van der Waals surface area contributed by atoms with E-state index in [1.54, 1.807) is 13.1 Å². The van der Waals surface area contributed by atoms with Gasteiger partial charge < -0.3 is 15.4 Å². The van der Waals surface area contributed by atoms with Crippen LogP contribution in [0, 0.1) is 0 Å². The lowest BCUT2D eigenvalue weighted by Crippen LogP contribution is -2.32. The number of carbonyl (C=O) groups is 1. The molecule has 1 heterocycles. The first-order chi connectivity index (χ1) is 9.90. The van der Waals surface area contributed by atoms with E-state index in [0.29, 0.717) is 12.1 Å². The van der Waals surface area contributed by atoms with Gasteiger partial charge in [-0.25, -0.2) is 0 Å². The van der Waals surface area contributed by atoms with Crippen LogP contribution >= 0.6 is 0 Å². The van der Waals surface area contributed by atoms with Crippen LogP contribution in [0.15, 0.2) is 18.2 Å². The van der Waals surface area contributed by atoms with Gasteiger partial charge in [0.25, 0.3) is 5.91 Å². The fourth-order valence-electron chi connectivity index (χ4n) is 2.28. The Morgan fingerprint density at radius 1 is 1.43 bits per heavy atom. The molecule has 0 aliphatic carbocycles. The smallest absolute Gasteiger partial charge is 0.370 e. The minimum Gasteiger partial charge on any atom is -0.370 e. The summed E-state index contributed by atoms with van der Waals surface area (Å²) in [4.78, 5) is 11.8. The molecule has 0 saturated carbocycles. The minimum atomic E-state index is -4.34. The van der Waals surface area contributed by atoms with Crippen LogP contribution in [0.5, 0.6) is 0 Å². The zero-order valence-corrected chi connectivity index (χ0v) is 11.6. The monoisotopic (exact) mass is 302 g/mol. The molecule has 0 radical (unpaired) electrons. The van der Waals surface area contributed by atoms with Crippen LogP contribution in [0.3, 0.4) is 0 Å². The van der Waals surface area contributed by atoms with Gasteiger partial charge in [-0.3, -0.25) is 4.79 Å². The first-order valence-electron chi connectivity index (χ1n) is 6.63. The van der Waals surface area contributed by atoms with Crippen LogP contribution in [-0.2, 0) is 11.2 Å². The third-order valence-electron chi connectivity index (χ3n) is 3.36. The molecule has 116 valence electrons. The summed E-state index contributed by atoms with van der Waals surface area (Å²) in [6.07, 6.45) is -3.58. The molecule has 0 spiro atoms. The number of nitrogens with one attached hydrogen (secondary N) is 2. The van der Waals surface area contributed by atoms with E-state index in [-0.39, 0.29) is 12.5 Å². The third-order valence-corrected chi connectivity index (χ3v) is 3.36. The standard InChI is InChI=1S/C14H17F3N2O2/c1-18-12(7-21-8-14(15,16)17)10-3-2-9-4-5-19-13(20)11(9)6-10/h2-3,6,12,18H,4-5,7-8H2,1H3,(H,19,20). The summed E-state index contributed by atoms with van der Waals surface area (Å²) in [5, 5.41) is 5.65. The van der Waals surface area contributed by atoms with Crippen molar-refractivity contribution in [3.05, 3.63) is 34.9 Å². The molecule has 4 nitrogen and oxygen atoms in total. The largest absolute Gasteiger partial charge is 0.411 e. The van der Waals surface area contributed by atoms with Gasteiger partial charge in [-0.05, 0) is 30.7 Å². The first-order valence-corrected chi connectivity index (χ1v) is 6.63. The van der Waals surface area contributed by atoms with Crippen molar-refractivity contribution in [2.45, 2.75) is 18.6 Å². The Bertz CT molecular complexity index is 517. The average Bonchev–Trinajstić information content (AvgIpc) is 2.43. The lowest BCUT2D eigenvalue weighted by atomic mass is 9.95. The summed E-state index contributed by atoms with van der Waals surface area (Å²) in [6.45, 7) is -0.789. The third kappa shape index (κ3) is 4.18. The van der Waals surface area contributed by atoms with Crippen LogP contribution in [-0.4, -0.2) is 38.9 Å². The quantitative estimate of drug-likeness (QED) is 0.872. The molecule has 1 aromatic carbocycles. The molecule has 1 aliphatic heterocycles. The highest BCUT2D eigenvalue weighted by Gasteiger charge is 2.28. The van der Waals surface area contributed by atoms with Crippen molar-refractivity contribution in [2.75, 3.05) is 26.8 Å². The molecule has 0 fully saturated rings. The van der Waals surface area contributed by atoms with E-state index in [1.807, 2.05) is 12.1 Å². The normalized spacial score (nSPS) is 16.3. The highest BCUT2D eigenvalue weighted by atomic mass is 19.4. The second-order valence-electron chi connectivity index (χ2n) is 4.89. The van der Waals surface area contributed by atoms with Crippen molar-refractivity contribution in [2.24, 2.45) is 0 Å². The van der Waals surface area contributed by atoms with E-state index < -0.39 is 18.8 Å². The molecule has 0 bridgehead atoms. The van der Waals surface area contributed by atoms with Gasteiger partial charge in [0.15, 0.2) is 0 Å². The van der Waals surface area contributed by atoms with Crippen LogP contribution in [0.1, 0.15) is 27.5 Å². The topological polar surface area (TPSA) is 50.4 Å². The Labute approximate surface area is 120 Å². The summed E-state index contributed by atoms with van der Waals surface area (Å²) in [7, 11) is 1.64. The van der Waals surface area contributed by atoms with E-state index in [0.717, 1.165) is 17.5 Å². The summed E-state index contributed by atoms with van der Waals surface area (Å²) in [5.74, 6) is -0.149. The molecule has 0 saturated heterocycles. The summed E-state index contributed by atoms with van der Waals surface area (Å²) in [5.41, 5.74) is 2.26. The second kappa shape index (κ2) is 6.44. The van der Waals surface area contributed by atoms with E-state index in [2.05, 4.69) is 15.4 Å². The zero-order chi connectivity index (χ0) is 15.5. The number of fused-ring (bicyclic) bond motifs is 1. The van der Waals surface area contributed by atoms with Crippen LogP contribution in [0.25, 0.3) is 0 Å². The van der Waals surface area contributed by atoms with Crippen molar-refractivity contribution in [3.63, 3.8) is 0 Å². The van der Waals surface area contributed by atoms with E-state index in [4.69, 9.17) is 0 Å². The molecule has 1 aromatic rings.